The summed E-state index contributed by atoms with van der Waals surface area (Å²) in [5, 5.41) is 8.75. The molecule has 0 rings (SSSR count). The molecule has 0 heterocycles. The molecule has 0 bridgehead atoms. The van der Waals surface area contributed by atoms with Crippen molar-refractivity contribution in [2.75, 3.05) is 54.1 Å². The predicted molar refractivity (Wildman–Crippen MR) is 157 cm³/mol. The number of esters is 1. The van der Waals surface area contributed by atoms with E-state index in [2.05, 4.69) is 6.92 Å². The predicted octanol–water partition coefficient (Wildman–Crippen LogP) is 6.49. The van der Waals surface area contributed by atoms with Crippen molar-refractivity contribution in [3.05, 3.63) is 0 Å². The van der Waals surface area contributed by atoms with E-state index in [-0.39, 0.29) is 39.1 Å². The Morgan fingerprint density at radius 3 is 1.75 bits per heavy atom. The largest absolute Gasteiger partial charge is 0.481 e. The first-order chi connectivity index (χ1) is 18.9. The van der Waals surface area contributed by atoms with E-state index >= 15 is 0 Å². The van der Waals surface area contributed by atoms with Crippen molar-refractivity contribution in [3.63, 3.8) is 0 Å². The fourth-order valence-corrected chi connectivity index (χ4v) is 4.74. The van der Waals surface area contributed by atoms with Gasteiger partial charge in [-0.2, -0.15) is 0 Å². The summed E-state index contributed by atoms with van der Waals surface area (Å²) in [6.07, 6.45) is 16.8. The van der Waals surface area contributed by atoms with E-state index in [4.69, 9.17) is 23.6 Å². The molecule has 0 saturated heterocycles. The number of nitrogens with zero attached hydrogens (tertiary/aromatic N) is 1. The number of carbonyl (C=O) groups is 2. The van der Waals surface area contributed by atoms with Gasteiger partial charge < -0.3 is 24.0 Å². The average Bonchev–Trinajstić information content (AvgIpc) is 2.85. The number of carboxylic acid groups (broad SMARTS) is 1. The number of phosphoric acid groups is 1. The van der Waals surface area contributed by atoms with Crippen LogP contribution in [-0.4, -0.2) is 86.6 Å². The maximum absolute atomic E-state index is 12.2. The second-order valence-corrected chi connectivity index (χ2v) is 13.1. The van der Waals surface area contributed by atoms with Crippen LogP contribution in [0.15, 0.2) is 0 Å². The van der Waals surface area contributed by atoms with Crippen LogP contribution >= 0.6 is 7.82 Å². The van der Waals surface area contributed by atoms with Crippen LogP contribution in [0.2, 0.25) is 0 Å². The van der Waals surface area contributed by atoms with E-state index in [9.17, 15) is 19.0 Å². The molecule has 2 atom stereocenters. The highest BCUT2D eigenvalue weighted by Crippen LogP contribution is 2.43. The van der Waals surface area contributed by atoms with Gasteiger partial charge >= 0.3 is 19.8 Å². The Morgan fingerprint density at radius 2 is 1.25 bits per heavy atom. The molecule has 1 unspecified atom stereocenters. The molecule has 0 saturated carbocycles. The molecular formula is C29H59NO9P+. The van der Waals surface area contributed by atoms with Crippen LogP contribution in [-0.2, 0) is 32.7 Å². The molecule has 0 amide bonds. The molecule has 2 N–H and O–H groups in total. The van der Waals surface area contributed by atoms with Gasteiger partial charge in [-0.05, 0) is 12.8 Å². The lowest BCUT2D eigenvalue weighted by atomic mass is 10.0. The fraction of sp³-hybridized carbons (Fsp3) is 0.931. The standard InChI is InChI=1S/C29H58NO9P/c1-5-6-7-8-9-10-11-12-13-14-15-16-17-18-23-36-25-27(39-29(33)21-19-20-28(31)32)26-38-40(34,35)37-24-22-30(2,3)4/h27H,5-26H2,1-4H3,(H-,31,32,34,35)/p+1/t27-/m1/s1. The molecule has 0 aromatic heterocycles. The van der Waals surface area contributed by atoms with Crippen LogP contribution in [0.1, 0.15) is 116 Å². The summed E-state index contributed by atoms with van der Waals surface area (Å²) in [5.41, 5.74) is 0. The molecule has 0 radical (unpaired) electrons. The van der Waals surface area contributed by atoms with E-state index in [1.807, 2.05) is 21.1 Å². The number of quaternary nitrogens is 1. The second kappa shape index (κ2) is 24.6. The van der Waals surface area contributed by atoms with Crippen LogP contribution in [0.3, 0.4) is 0 Å². The molecule has 238 valence electrons. The van der Waals surface area contributed by atoms with Crippen molar-refractivity contribution in [2.45, 2.75) is 122 Å². The van der Waals surface area contributed by atoms with Gasteiger partial charge in [-0.15, -0.1) is 0 Å². The molecule has 40 heavy (non-hydrogen) atoms. The van der Waals surface area contributed by atoms with Gasteiger partial charge in [-0.1, -0.05) is 90.4 Å². The summed E-state index contributed by atoms with van der Waals surface area (Å²) >= 11 is 0. The third-order valence-electron chi connectivity index (χ3n) is 6.46. The maximum Gasteiger partial charge on any atom is 0.472 e. The lowest BCUT2D eigenvalue weighted by Gasteiger charge is -2.24. The van der Waals surface area contributed by atoms with Gasteiger partial charge in [0, 0.05) is 19.4 Å². The topological polar surface area (TPSA) is 129 Å². The molecular weight excluding hydrogens is 537 g/mol. The minimum atomic E-state index is -4.32. The lowest BCUT2D eigenvalue weighted by Crippen LogP contribution is -2.37. The summed E-state index contributed by atoms with van der Waals surface area (Å²) in [6, 6.07) is 0. The summed E-state index contributed by atoms with van der Waals surface area (Å²) in [5.74, 6) is -1.59. The Bertz CT molecular complexity index is 685. The molecule has 0 aliphatic heterocycles. The highest BCUT2D eigenvalue weighted by Gasteiger charge is 2.26. The maximum atomic E-state index is 12.2. The van der Waals surface area contributed by atoms with Gasteiger partial charge in [0.2, 0.25) is 0 Å². The first-order valence-electron chi connectivity index (χ1n) is 15.4. The van der Waals surface area contributed by atoms with Crippen molar-refractivity contribution in [1.82, 2.24) is 0 Å². The summed E-state index contributed by atoms with van der Waals surface area (Å²) < 4.78 is 33.9. The van der Waals surface area contributed by atoms with Gasteiger partial charge in [-0.3, -0.25) is 18.6 Å². The number of carbonyl (C=O) groups excluding carboxylic acids is 1. The van der Waals surface area contributed by atoms with E-state index in [1.165, 1.54) is 70.6 Å². The first kappa shape index (κ1) is 39.0. The zero-order chi connectivity index (χ0) is 30.1. The van der Waals surface area contributed by atoms with Crippen LogP contribution in [0.4, 0.5) is 0 Å². The third kappa shape index (κ3) is 28.5. The first-order valence-corrected chi connectivity index (χ1v) is 16.9. The molecule has 11 heteroatoms. The molecule has 0 aromatic carbocycles. The van der Waals surface area contributed by atoms with Gasteiger partial charge in [0.15, 0.2) is 0 Å². The van der Waals surface area contributed by atoms with Crippen LogP contribution in [0.5, 0.6) is 0 Å². The third-order valence-corrected chi connectivity index (χ3v) is 7.44. The minimum Gasteiger partial charge on any atom is -0.481 e. The van der Waals surface area contributed by atoms with Gasteiger partial charge in [0.1, 0.15) is 19.3 Å². The molecule has 0 aliphatic rings. The van der Waals surface area contributed by atoms with Gasteiger partial charge in [0.05, 0.1) is 34.4 Å². The van der Waals surface area contributed by atoms with Crippen molar-refractivity contribution < 1.29 is 47.2 Å². The Morgan fingerprint density at radius 1 is 0.725 bits per heavy atom. The average molecular weight is 597 g/mol. The summed E-state index contributed by atoms with van der Waals surface area (Å²) in [4.78, 5) is 32.8. The van der Waals surface area contributed by atoms with E-state index in [0.29, 0.717) is 17.6 Å². The Labute approximate surface area is 243 Å². The van der Waals surface area contributed by atoms with Crippen molar-refractivity contribution in [3.8, 4) is 0 Å². The van der Waals surface area contributed by atoms with Crippen molar-refractivity contribution in [1.29, 1.82) is 0 Å². The normalized spacial score (nSPS) is 14.1. The van der Waals surface area contributed by atoms with Crippen molar-refractivity contribution >= 4 is 19.8 Å². The summed E-state index contributed by atoms with van der Waals surface area (Å²) in [7, 11) is 1.48. The number of ether oxygens (including phenoxy) is 2. The van der Waals surface area contributed by atoms with Gasteiger partial charge in [0.25, 0.3) is 0 Å². The van der Waals surface area contributed by atoms with Gasteiger partial charge in [-0.25, -0.2) is 4.57 Å². The number of aliphatic carboxylic acids is 1. The number of carboxylic acids is 1. The SMILES string of the molecule is CCCCCCCCCCCCCCCCOC[C@H](COP(=O)(O)OCC[N+](C)(C)C)OC(=O)CCCC(=O)O. The number of unbranched alkanes of at least 4 members (excludes halogenated alkanes) is 13. The van der Waals surface area contributed by atoms with E-state index in [1.54, 1.807) is 0 Å². The lowest BCUT2D eigenvalue weighted by molar-refractivity contribution is -0.870. The van der Waals surface area contributed by atoms with E-state index < -0.39 is 25.9 Å². The molecule has 10 nitrogen and oxygen atoms in total. The Kier molecular flexibility index (Phi) is 23.9. The molecule has 0 spiro atoms. The highest BCUT2D eigenvalue weighted by atomic mass is 31.2. The molecule has 0 fully saturated rings. The second-order valence-electron chi connectivity index (χ2n) is 11.6. The van der Waals surface area contributed by atoms with Crippen molar-refractivity contribution in [2.24, 2.45) is 0 Å². The smallest absolute Gasteiger partial charge is 0.472 e. The quantitative estimate of drug-likeness (QED) is 0.0431. The van der Waals surface area contributed by atoms with Crippen LogP contribution < -0.4 is 0 Å². The highest BCUT2D eigenvalue weighted by molar-refractivity contribution is 7.47. The summed E-state index contributed by atoms with van der Waals surface area (Å²) in [6.45, 7) is 2.94. The monoisotopic (exact) mass is 596 g/mol. The zero-order valence-corrected chi connectivity index (χ0v) is 26.7. The zero-order valence-electron chi connectivity index (χ0n) is 25.8. The number of likely N-dealkylation sites (N-methyl/N-ethyl adjacent to an activating group) is 1. The fourth-order valence-electron chi connectivity index (χ4n) is 4.00. The minimum absolute atomic E-state index is 0.0159. The van der Waals surface area contributed by atoms with E-state index in [0.717, 1.165) is 19.3 Å². The molecule has 0 aromatic rings. The Balaban J connectivity index is 4.17. The number of hydrogen-bond donors (Lipinski definition) is 2. The van der Waals surface area contributed by atoms with Crippen LogP contribution in [0.25, 0.3) is 0 Å². The number of hydrogen-bond acceptors (Lipinski definition) is 7. The number of phosphoric ester groups is 1. The number of rotatable bonds is 29. The van der Waals surface area contributed by atoms with Crippen LogP contribution in [0, 0.1) is 0 Å². The Hall–Kier alpha value is -1.03. The molecule has 0 aliphatic carbocycles.